The lowest BCUT2D eigenvalue weighted by Crippen LogP contribution is -2.32. The molecule has 1 saturated heterocycles. The van der Waals surface area contributed by atoms with Gasteiger partial charge < -0.3 is 19.9 Å². The van der Waals surface area contributed by atoms with Crippen molar-refractivity contribution >= 4 is 17.5 Å². The van der Waals surface area contributed by atoms with Crippen molar-refractivity contribution in [3.63, 3.8) is 0 Å². The van der Waals surface area contributed by atoms with E-state index in [1.807, 2.05) is 30.3 Å². The molecule has 29 heavy (non-hydrogen) atoms. The number of hydrogen-bond acceptors (Lipinski definition) is 5. The van der Waals surface area contributed by atoms with Crippen LogP contribution in [-0.2, 0) is 4.74 Å². The number of hydrogen-bond donors (Lipinski definition) is 2. The Kier molecular flexibility index (Phi) is 5.67. The van der Waals surface area contributed by atoms with Gasteiger partial charge in [-0.3, -0.25) is 9.59 Å². The van der Waals surface area contributed by atoms with Crippen LogP contribution < -0.4 is 10.6 Å². The number of anilines is 1. The number of aromatic nitrogens is 1. The summed E-state index contributed by atoms with van der Waals surface area (Å²) in [6, 6.07) is 17.8. The van der Waals surface area contributed by atoms with Gasteiger partial charge in [0.2, 0.25) is 0 Å². The Hall–Kier alpha value is -3.45. The first-order chi connectivity index (χ1) is 14.2. The Labute approximate surface area is 168 Å². The molecular weight excluding hydrogens is 370 g/mol. The van der Waals surface area contributed by atoms with Gasteiger partial charge in [-0.15, -0.1) is 0 Å². The summed E-state index contributed by atoms with van der Waals surface area (Å²) in [5, 5.41) is 9.47. The van der Waals surface area contributed by atoms with E-state index in [2.05, 4.69) is 15.8 Å². The number of benzene rings is 2. The summed E-state index contributed by atoms with van der Waals surface area (Å²) in [6.07, 6.45) is 2.00. The smallest absolute Gasteiger partial charge is 0.277 e. The van der Waals surface area contributed by atoms with Crippen LogP contribution in [-0.4, -0.2) is 36.2 Å². The van der Waals surface area contributed by atoms with Crippen LogP contribution in [0.1, 0.15) is 33.7 Å². The molecule has 4 rings (SSSR count). The molecule has 2 N–H and O–H groups in total. The quantitative estimate of drug-likeness (QED) is 0.671. The molecule has 7 nitrogen and oxygen atoms in total. The highest BCUT2D eigenvalue weighted by molar-refractivity contribution is 6.08. The van der Waals surface area contributed by atoms with Crippen molar-refractivity contribution in [3.05, 3.63) is 71.9 Å². The second-order valence-corrected chi connectivity index (χ2v) is 6.79. The summed E-state index contributed by atoms with van der Waals surface area (Å²) in [6.45, 7) is 1.18. The molecule has 0 spiro atoms. The van der Waals surface area contributed by atoms with Gasteiger partial charge in [0, 0.05) is 24.8 Å². The molecular formula is C22H21N3O4. The molecule has 0 aliphatic carbocycles. The van der Waals surface area contributed by atoms with E-state index < -0.39 is 5.91 Å². The Balaban J connectivity index is 1.44. The zero-order valence-electron chi connectivity index (χ0n) is 15.8. The largest absolute Gasteiger partial charge is 0.376 e. The number of rotatable bonds is 6. The van der Waals surface area contributed by atoms with Crippen LogP contribution in [0.2, 0.25) is 0 Å². The lowest BCUT2D eigenvalue weighted by atomic mass is 10.1. The zero-order valence-corrected chi connectivity index (χ0v) is 15.8. The Morgan fingerprint density at radius 2 is 1.83 bits per heavy atom. The molecule has 0 radical (unpaired) electrons. The van der Waals surface area contributed by atoms with E-state index in [1.165, 1.54) is 0 Å². The number of carbonyl (C=O) groups excluding carboxylic acids is 2. The van der Waals surface area contributed by atoms with Crippen LogP contribution in [0.4, 0.5) is 5.69 Å². The molecule has 1 fully saturated rings. The van der Waals surface area contributed by atoms with Gasteiger partial charge in [0.15, 0.2) is 11.5 Å². The van der Waals surface area contributed by atoms with Crippen LogP contribution in [0.5, 0.6) is 0 Å². The van der Waals surface area contributed by atoms with Gasteiger partial charge in [0.05, 0.1) is 17.4 Å². The minimum Gasteiger partial charge on any atom is -0.376 e. The number of para-hydroxylation sites is 1. The fraction of sp³-hybridized carbons (Fsp3) is 0.227. The first-order valence-corrected chi connectivity index (χ1v) is 9.53. The maximum absolute atomic E-state index is 12.6. The highest BCUT2D eigenvalue weighted by Crippen LogP contribution is 2.21. The second-order valence-electron chi connectivity index (χ2n) is 6.79. The molecule has 148 valence electrons. The molecule has 0 saturated carbocycles. The van der Waals surface area contributed by atoms with E-state index in [1.54, 1.807) is 30.3 Å². The molecule has 2 amide bonds. The van der Waals surface area contributed by atoms with Gasteiger partial charge >= 0.3 is 0 Å². The van der Waals surface area contributed by atoms with Gasteiger partial charge in [-0.1, -0.05) is 47.6 Å². The lowest BCUT2D eigenvalue weighted by Gasteiger charge is -2.13. The maximum Gasteiger partial charge on any atom is 0.277 e. The van der Waals surface area contributed by atoms with E-state index in [-0.39, 0.29) is 17.7 Å². The summed E-state index contributed by atoms with van der Waals surface area (Å²) in [5.74, 6) is -0.213. The molecule has 3 aromatic rings. The molecule has 2 heterocycles. The van der Waals surface area contributed by atoms with E-state index in [0.717, 1.165) is 25.0 Å². The Morgan fingerprint density at radius 3 is 2.62 bits per heavy atom. The average Bonchev–Trinajstić information content (AvgIpc) is 3.45. The maximum atomic E-state index is 12.6. The zero-order chi connectivity index (χ0) is 20.1. The number of ether oxygens (including phenoxy) is 1. The minimum absolute atomic E-state index is 0.0484. The van der Waals surface area contributed by atoms with Crippen LogP contribution in [0, 0.1) is 0 Å². The summed E-state index contributed by atoms with van der Waals surface area (Å²) in [4.78, 5) is 25.2. The Bertz CT molecular complexity index is 994. The third-order valence-corrected chi connectivity index (χ3v) is 4.74. The number of nitrogens with zero attached hydrogens (tertiary/aromatic N) is 1. The summed E-state index contributed by atoms with van der Waals surface area (Å²) in [5.41, 5.74) is 1.75. The van der Waals surface area contributed by atoms with Crippen LogP contribution >= 0.6 is 0 Å². The fourth-order valence-electron chi connectivity index (χ4n) is 3.20. The third-order valence-electron chi connectivity index (χ3n) is 4.74. The van der Waals surface area contributed by atoms with Crippen molar-refractivity contribution in [1.82, 2.24) is 10.5 Å². The van der Waals surface area contributed by atoms with Gasteiger partial charge in [0.1, 0.15) is 0 Å². The second kappa shape index (κ2) is 8.70. The van der Waals surface area contributed by atoms with Crippen molar-refractivity contribution in [3.8, 4) is 11.3 Å². The predicted octanol–water partition coefficient (Wildman–Crippen LogP) is 3.50. The monoisotopic (exact) mass is 391 g/mol. The molecule has 2 aromatic carbocycles. The first kappa shape index (κ1) is 18.9. The standard InChI is InChI=1S/C22H21N3O4/c26-21(23-14-16-9-6-12-28-16)17-10-4-5-11-18(17)24-22(27)19-13-20(29-25-19)15-7-2-1-3-8-15/h1-5,7-8,10-11,13,16H,6,9,12,14H2,(H,23,26)(H,24,27). The Morgan fingerprint density at radius 1 is 1.03 bits per heavy atom. The highest BCUT2D eigenvalue weighted by Gasteiger charge is 2.20. The van der Waals surface area contributed by atoms with Crippen LogP contribution in [0.15, 0.2) is 65.2 Å². The molecule has 1 atom stereocenters. The third kappa shape index (κ3) is 4.52. The van der Waals surface area contributed by atoms with Crippen LogP contribution in [0.3, 0.4) is 0 Å². The van der Waals surface area contributed by atoms with Crippen molar-refractivity contribution < 1.29 is 18.8 Å². The number of amides is 2. The number of nitrogens with one attached hydrogen (secondary N) is 2. The van der Waals surface area contributed by atoms with Gasteiger partial charge in [0.25, 0.3) is 11.8 Å². The molecule has 0 bridgehead atoms. The van der Waals surface area contributed by atoms with Gasteiger partial charge in [-0.05, 0) is 25.0 Å². The van der Waals surface area contributed by atoms with Crippen LogP contribution in [0.25, 0.3) is 11.3 Å². The number of carbonyl (C=O) groups is 2. The van der Waals surface area contributed by atoms with Gasteiger partial charge in [-0.2, -0.15) is 0 Å². The van der Waals surface area contributed by atoms with E-state index in [0.29, 0.717) is 23.6 Å². The van der Waals surface area contributed by atoms with E-state index >= 15 is 0 Å². The van der Waals surface area contributed by atoms with Gasteiger partial charge in [-0.25, -0.2) is 0 Å². The molecule has 1 aliphatic rings. The summed E-state index contributed by atoms with van der Waals surface area (Å²) >= 11 is 0. The normalized spacial score (nSPS) is 15.8. The molecule has 7 heteroatoms. The molecule has 1 aromatic heterocycles. The topological polar surface area (TPSA) is 93.5 Å². The van der Waals surface area contributed by atoms with E-state index in [9.17, 15) is 9.59 Å². The fourth-order valence-corrected chi connectivity index (χ4v) is 3.20. The van der Waals surface area contributed by atoms with Crippen molar-refractivity contribution in [2.24, 2.45) is 0 Å². The SMILES string of the molecule is O=C(Nc1ccccc1C(=O)NCC1CCCO1)c1cc(-c2ccccc2)on1. The minimum atomic E-state index is -0.449. The lowest BCUT2D eigenvalue weighted by molar-refractivity contribution is 0.0858. The summed E-state index contributed by atoms with van der Waals surface area (Å²) in [7, 11) is 0. The summed E-state index contributed by atoms with van der Waals surface area (Å²) < 4.78 is 10.8. The van der Waals surface area contributed by atoms with E-state index in [4.69, 9.17) is 9.26 Å². The predicted molar refractivity (Wildman–Crippen MR) is 108 cm³/mol. The highest BCUT2D eigenvalue weighted by atomic mass is 16.5. The first-order valence-electron chi connectivity index (χ1n) is 9.53. The molecule has 1 unspecified atom stereocenters. The average molecular weight is 391 g/mol. The van der Waals surface area contributed by atoms with Crippen molar-refractivity contribution in [2.75, 3.05) is 18.5 Å². The van der Waals surface area contributed by atoms with Crippen molar-refractivity contribution in [2.45, 2.75) is 18.9 Å². The van der Waals surface area contributed by atoms with Crippen molar-refractivity contribution in [1.29, 1.82) is 0 Å². The molecule has 1 aliphatic heterocycles.